The summed E-state index contributed by atoms with van der Waals surface area (Å²) in [5, 5.41) is 14.8. The molecular formula is C22H25N5O4. The molecule has 31 heavy (non-hydrogen) atoms. The van der Waals surface area contributed by atoms with Gasteiger partial charge in [0, 0.05) is 12.1 Å². The normalized spacial score (nSPS) is 25.0. The van der Waals surface area contributed by atoms with E-state index in [-0.39, 0.29) is 18.2 Å². The third-order valence-corrected chi connectivity index (χ3v) is 5.48. The summed E-state index contributed by atoms with van der Waals surface area (Å²) < 4.78 is 5.31. The van der Waals surface area contributed by atoms with E-state index in [1.54, 1.807) is 12.1 Å². The second-order valence-corrected chi connectivity index (χ2v) is 7.69. The lowest BCUT2D eigenvalue weighted by molar-refractivity contribution is -0.144. The molecule has 2 fully saturated rings. The Hall–Kier alpha value is -3.59. The van der Waals surface area contributed by atoms with Crippen molar-refractivity contribution in [1.29, 1.82) is 0 Å². The lowest BCUT2D eigenvalue weighted by Crippen LogP contribution is -2.72. The number of hydrogen-bond donors (Lipinski definition) is 5. The lowest BCUT2D eigenvalue weighted by atomic mass is 9.81. The van der Waals surface area contributed by atoms with Gasteiger partial charge in [0.2, 0.25) is 17.7 Å². The molecule has 3 amide bonds. The van der Waals surface area contributed by atoms with E-state index >= 15 is 0 Å². The van der Waals surface area contributed by atoms with Crippen molar-refractivity contribution < 1.29 is 19.1 Å². The van der Waals surface area contributed by atoms with Gasteiger partial charge in [-0.05, 0) is 36.8 Å². The fraction of sp³-hybridized carbons (Fsp3) is 0.318. The summed E-state index contributed by atoms with van der Waals surface area (Å²) in [4.78, 5) is 38.4. The smallest absolute Gasteiger partial charge is 0.229 e. The first-order chi connectivity index (χ1) is 14.9. The Kier molecular flexibility index (Phi) is 5.77. The number of methoxy groups -OCH3 is 1. The van der Waals surface area contributed by atoms with Crippen molar-refractivity contribution in [2.45, 2.75) is 25.8 Å². The van der Waals surface area contributed by atoms with Crippen LogP contribution in [0.4, 0.5) is 11.4 Å². The number of anilines is 2. The number of carbonyl (C=O) groups is 3. The third-order valence-electron chi connectivity index (χ3n) is 5.48. The molecule has 4 atom stereocenters. The molecule has 2 aromatic carbocycles. The maximum Gasteiger partial charge on any atom is 0.229 e. The van der Waals surface area contributed by atoms with Gasteiger partial charge in [-0.2, -0.15) is 0 Å². The summed E-state index contributed by atoms with van der Waals surface area (Å²) in [5.74, 6) is -2.07. The third kappa shape index (κ3) is 4.46. The fourth-order valence-electron chi connectivity index (χ4n) is 4.00. The molecular weight excluding hydrogens is 398 g/mol. The molecule has 4 unspecified atom stereocenters. The Bertz CT molecular complexity index is 997. The molecule has 0 aromatic heterocycles. The monoisotopic (exact) mass is 423 g/mol. The number of benzene rings is 2. The first kappa shape index (κ1) is 20.7. The van der Waals surface area contributed by atoms with Gasteiger partial charge in [-0.25, -0.2) is 0 Å². The maximum atomic E-state index is 13.1. The molecule has 2 aliphatic rings. The first-order valence-electron chi connectivity index (χ1n) is 10.1. The first-order valence-corrected chi connectivity index (χ1v) is 10.1. The van der Waals surface area contributed by atoms with Gasteiger partial charge in [-0.15, -0.1) is 0 Å². The molecule has 2 aromatic rings. The molecule has 0 bridgehead atoms. The number of amides is 3. The second-order valence-electron chi connectivity index (χ2n) is 7.69. The minimum absolute atomic E-state index is 0.0764. The van der Waals surface area contributed by atoms with Gasteiger partial charge in [0.15, 0.2) is 6.29 Å². The zero-order valence-electron chi connectivity index (χ0n) is 17.3. The topological polar surface area (TPSA) is 121 Å². The predicted octanol–water partition coefficient (Wildman–Crippen LogP) is 1.14. The van der Waals surface area contributed by atoms with Gasteiger partial charge in [-0.3, -0.25) is 19.7 Å². The number of para-hydroxylation sites is 1. The maximum absolute atomic E-state index is 13.1. The Morgan fingerprint density at radius 3 is 2.61 bits per heavy atom. The average Bonchev–Trinajstić information content (AvgIpc) is 2.73. The SMILES string of the molecule is COc1ccc(C)cc1NC(=O)C1CC(=O)NC2NC(Nc3ccccc3)NC(=O)C21. The quantitative estimate of drug-likeness (QED) is 0.492. The van der Waals surface area contributed by atoms with Crippen LogP contribution in [0.25, 0.3) is 0 Å². The van der Waals surface area contributed by atoms with Crippen molar-refractivity contribution in [3.63, 3.8) is 0 Å². The zero-order chi connectivity index (χ0) is 22.0. The summed E-state index contributed by atoms with van der Waals surface area (Å²) in [5.41, 5.74) is 2.26. The minimum Gasteiger partial charge on any atom is -0.495 e. The number of rotatable bonds is 5. The second kappa shape index (κ2) is 8.65. The van der Waals surface area contributed by atoms with Crippen LogP contribution in [0.3, 0.4) is 0 Å². The van der Waals surface area contributed by atoms with E-state index < -0.39 is 30.2 Å². The molecule has 0 aliphatic carbocycles. The molecule has 9 heteroatoms. The molecule has 0 radical (unpaired) electrons. The number of fused-ring (bicyclic) bond motifs is 1. The summed E-state index contributed by atoms with van der Waals surface area (Å²) in [6, 6.07) is 14.8. The fourth-order valence-corrected chi connectivity index (χ4v) is 4.00. The molecule has 2 heterocycles. The van der Waals surface area contributed by atoms with E-state index in [4.69, 9.17) is 4.74 Å². The van der Waals surface area contributed by atoms with Crippen molar-refractivity contribution in [3.05, 3.63) is 54.1 Å². The number of aryl methyl sites for hydroxylation is 1. The number of ether oxygens (including phenoxy) is 1. The van der Waals surface area contributed by atoms with Gasteiger partial charge in [0.05, 0.1) is 30.8 Å². The van der Waals surface area contributed by atoms with Crippen LogP contribution >= 0.6 is 0 Å². The summed E-state index contributed by atoms with van der Waals surface area (Å²) in [6.45, 7) is 1.90. The van der Waals surface area contributed by atoms with Crippen LogP contribution in [0.15, 0.2) is 48.5 Å². The molecule has 4 rings (SSSR count). The van der Waals surface area contributed by atoms with E-state index in [0.29, 0.717) is 11.4 Å². The molecule has 5 N–H and O–H groups in total. The van der Waals surface area contributed by atoms with Crippen molar-refractivity contribution in [2.75, 3.05) is 17.7 Å². The van der Waals surface area contributed by atoms with Crippen molar-refractivity contribution in [1.82, 2.24) is 16.0 Å². The summed E-state index contributed by atoms with van der Waals surface area (Å²) in [7, 11) is 1.52. The van der Waals surface area contributed by atoms with Gasteiger partial charge < -0.3 is 26.0 Å². The van der Waals surface area contributed by atoms with Crippen LogP contribution in [0.5, 0.6) is 5.75 Å². The summed E-state index contributed by atoms with van der Waals surface area (Å²) >= 11 is 0. The predicted molar refractivity (Wildman–Crippen MR) is 115 cm³/mol. The average molecular weight is 423 g/mol. The van der Waals surface area contributed by atoms with E-state index in [9.17, 15) is 14.4 Å². The van der Waals surface area contributed by atoms with Crippen LogP contribution in [-0.2, 0) is 14.4 Å². The number of hydrogen-bond acceptors (Lipinski definition) is 6. The van der Waals surface area contributed by atoms with Gasteiger partial charge in [0.25, 0.3) is 0 Å². The van der Waals surface area contributed by atoms with Crippen LogP contribution in [0.1, 0.15) is 12.0 Å². The van der Waals surface area contributed by atoms with Crippen molar-refractivity contribution in [2.24, 2.45) is 11.8 Å². The lowest BCUT2D eigenvalue weighted by Gasteiger charge is -2.43. The van der Waals surface area contributed by atoms with Crippen molar-refractivity contribution >= 4 is 29.1 Å². The van der Waals surface area contributed by atoms with Crippen LogP contribution in [0, 0.1) is 18.8 Å². The van der Waals surface area contributed by atoms with E-state index in [0.717, 1.165) is 11.3 Å². The molecule has 0 spiro atoms. The highest BCUT2D eigenvalue weighted by atomic mass is 16.5. The number of nitrogens with one attached hydrogen (secondary N) is 5. The highest BCUT2D eigenvalue weighted by Gasteiger charge is 2.48. The Morgan fingerprint density at radius 1 is 1.10 bits per heavy atom. The highest BCUT2D eigenvalue weighted by Crippen LogP contribution is 2.30. The van der Waals surface area contributed by atoms with Crippen LogP contribution < -0.4 is 31.3 Å². The highest BCUT2D eigenvalue weighted by molar-refractivity contribution is 6.01. The zero-order valence-corrected chi connectivity index (χ0v) is 17.3. The van der Waals surface area contributed by atoms with Crippen LogP contribution in [-0.4, -0.2) is 37.3 Å². The molecule has 2 aliphatic heterocycles. The molecule has 0 saturated carbocycles. The van der Waals surface area contributed by atoms with Crippen molar-refractivity contribution in [3.8, 4) is 5.75 Å². The van der Waals surface area contributed by atoms with Gasteiger partial charge in [0.1, 0.15) is 5.75 Å². The largest absolute Gasteiger partial charge is 0.495 e. The van der Waals surface area contributed by atoms with E-state index in [1.807, 2.05) is 43.3 Å². The molecule has 2 saturated heterocycles. The van der Waals surface area contributed by atoms with Gasteiger partial charge >= 0.3 is 0 Å². The van der Waals surface area contributed by atoms with Crippen LogP contribution in [0.2, 0.25) is 0 Å². The Balaban J connectivity index is 1.51. The van der Waals surface area contributed by atoms with Gasteiger partial charge in [-0.1, -0.05) is 24.3 Å². The molecule has 162 valence electrons. The minimum atomic E-state index is -0.825. The van der Waals surface area contributed by atoms with E-state index in [1.165, 1.54) is 7.11 Å². The Morgan fingerprint density at radius 2 is 1.87 bits per heavy atom. The van der Waals surface area contributed by atoms with E-state index in [2.05, 4.69) is 26.6 Å². The number of piperidine rings is 1. The Labute approximate surface area is 179 Å². The standard InChI is InChI=1S/C22H25N5O4/c1-12-8-9-16(31-2)15(10-12)24-20(29)14-11-17(28)25-19-18(14)21(30)27-22(26-19)23-13-6-4-3-5-7-13/h3-10,14,18-19,22-23,26H,11H2,1-2H3,(H,24,29)(H,25,28)(H,27,30). The molecule has 9 nitrogen and oxygen atoms in total. The summed E-state index contributed by atoms with van der Waals surface area (Å²) in [6.07, 6.45) is -1.34. The number of carbonyl (C=O) groups excluding carboxylic acids is 3.